The number of H-pyrrole nitrogens is 1. The Morgan fingerprint density at radius 2 is 1.89 bits per heavy atom. The van der Waals surface area contributed by atoms with E-state index in [0.717, 1.165) is 56.5 Å². The molecule has 1 fully saturated rings. The second kappa shape index (κ2) is 12.0. The maximum Gasteiger partial charge on any atom is 0.322 e. The van der Waals surface area contributed by atoms with Crippen molar-refractivity contribution in [1.82, 2.24) is 20.1 Å². The first kappa shape index (κ1) is 25.6. The Bertz CT molecular complexity index is 1130. The molecule has 1 aromatic carbocycles. The first-order valence-electron chi connectivity index (χ1n) is 12.3. The lowest BCUT2D eigenvalue weighted by Crippen LogP contribution is -2.42. The highest BCUT2D eigenvalue weighted by Gasteiger charge is 2.26. The van der Waals surface area contributed by atoms with Crippen LogP contribution in [-0.2, 0) is 6.54 Å². The fraction of sp³-hybridized carbons (Fsp3) is 0.444. The molecule has 35 heavy (non-hydrogen) atoms. The van der Waals surface area contributed by atoms with Crippen molar-refractivity contribution in [1.29, 1.82) is 0 Å². The van der Waals surface area contributed by atoms with Crippen LogP contribution >= 0.6 is 23.5 Å². The molecule has 1 aliphatic carbocycles. The Balaban J connectivity index is 1.64. The Hall–Kier alpha value is -2.45. The van der Waals surface area contributed by atoms with Gasteiger partial charge in [0.2, 0.25) is 0 Å². The third kappa shape index (κ3) is 6.22. The normalized spacial score (nSPS) is 14.5. The summed E-state index contributed by atoms with van der Waals surface area (Å²) in [6.07, 6.45) is 12.9. The molecule has 8 heteroatoms. The molecule has 0 spiro atoms. The zero-order valence-corrected chi connectivity index (χ0v) is 22.7. The van der Waals surface area contributed by atoms with E-state index in [4.69, 9.17) is 0 Å². The highest BCUT2D eigenvalue weighted by molar-refractivity contribution is 7.99. The number of rotatable bonds is 7. The van der Waals surface area contributed by atoms with Crippen molar-refractivity contribution in [3.05, 3.63) is 53.5 Å². The van der Waals surface area contributed by atoms with Crippen LogP contribution in [0.2, 0.25) is 0 Å². The van der Waals surface area contributed by atoms with Crippen LogP contribution in [-0.4, -0.2) is 44.7 Å². The van der Waals surface area contributed by atoms with E-state index in [1.54, 1.807) is 23.5 Å². The molecule has 0 aliphatic heterocycles. The maximum atomic E-state index is 13.9. The van der Waals surface area contributed by atoms with Gasteiger partial charge in [-0.05, 0) is 62.5 Å². The molecule has 0 radical (unpaired) electrons. The van der Waals surface area contributed by atoms with Crippen LogP contribution < -0.4 is 5.32 Å². The predicted octanol–water partition coefficient (Wildman–Crippen LogP) is 7.29. The van der Waals surface area contributed by atoms with E-state index in [9.17, 15) is 4.79 Å². The first-order chi connectivity index (χ1) is 17.0. The topological polar surface area (TPSA) is 73.9 Å². The number of carbonyl (C=O) groups is 1. The molecule has 3 aromatic rings. The number of hydrogen-bond acceptors (Lipinski definition) is 5. The van der Waals surface area contributed by atoms with Crippen molar-refractivity contribution < 1.29 is 4.79 Å². The third-order valence-electron chi connectivity index (χ3n) is 6.67. The average Bonchev–Trinajstić information content (AvgIpc) is 3.11. The number of thioether (sulfide) groups is 2. The fourth-order valence-electron chi connectivity index (χ4n) is 4.84. The van der Waals surface area contributed by atoms with E-state index < -0.39 is 0 Å². The zero-order valence-electron chi connectivity index (χ0n) is 21.1. The van der Waals surface area contributed by atoms with Crippen LogP contribution in [0.3, 0.4) is 0 Å². The minimum Gasteiger partial charge on any atom is -0.317 e. The molecule has 4 rings (SSSR count). The summed E-state index contributed by atoms with van der Waals surface area (Å²) in [5.41, 5.74) is 6.09. The molecular weight excluding hydrogens is 474 g/mol. The maximum absolute atomic E-state index is 13.9. The monoisotopic (exact) mass is 509 g/mol. The summed E-state index contributed by atoms with van der Waals surface area (Å²) in [6.45, 7) is 4.58. The van der Waals surface area contributed by atoms with Crippen LogP contribution in [0, 0.1) is 13.8 Å². The number of aromatic amines is 1. The molecule has 2 heterocycles. The molecule has 0 atom stereocenters. The number of nitrogens with one attached hydrogen (secondary N) is 2. The van der Waals surface area contributed by atoms with Gasteiger partial charge in [-0.25, -0.2) is 9.78 Å². The number of aromatic nitrogens is 3. The molecule has 186 valence electrons. The first-order valence-corrected chi connectivity index (χ1v) is 14.7. The van der Waals surface area contributed by atoms with Crippen molar-refractivity contribution in [3.8, 4) is 11.1 Å². The Kier molecular flexibility index (Phi) is 8.78. The van der Waals surface area contributed by atoms with E-state index in [2.05, 4.69) is 49.7 Å². The lowest BCUT2D eigenvalue weighted by molar-refractivity contribution is 0.175. The summed E-state index contributed by atoms with van der Waals surface area (Å²) in [6, 6.07) is 10.7. The van der Waals surface area contributed by atoms with Gasteiger partial charge in [-0.3, -0.25) is 5.10 Å². The van der Waals surface area contributed by atoms with Gasteiger partial charge in [-0.15, -0.1) is 23.5 Å². The van der Waals surface area contributed by atoms with Crippen LogP contribution in [0.1, 0.15) is 55.5 Å². The highest BCUT2D eigenvalue weighted by Crippen LogP contribution is 2.34. The van der Waals surface area contributed by atoms with Gasteiger partial charge in [-0.1, -0.05) is 43.9 Å². The highest BCUT2D eigenvalue weighted by atomic mass is 32.2. The molecule has 6 nitrogen and oxygen atoms in total. The van der Waals surface area contributed by atoms with Crippen molar-refractivity contribution in [3.63, 3.8) is 0 Å². The number of nitrogens with zero attached hydrogens (tertiary/aromatic N) is 3. The van der Waals surface area contributed by atoms with E-state index in [-0.39, 0.29) is 12.1 Å². The number of urea groups is 1. The van der Waals surface area contributed by atoms with E-state index in [0.29, 0.717) is 6.54 Å². The van der Waals surface area contributed by atoms with Crippen LogP contribution in [0.15, 0.2) is 46.5 Å². The molecule has 0 bridgehead atoms. The largest absolute Gasteiger partial charge is 0.322 e. The van der Waals surface area contributed by atoms with Gasteiger partial charge in [0, 0.05) is 34.9 Å². The average molecular weight is 510 g/mol. The number of pyridine rings is 1. The molecule has 2 aromatic heterocycles. The van der Waals surface area contributed by atoms with Gasteiger partial charge in [0.05, 0.1) is 11.4 Å². The zero-order chi connectivity index (χ0) is 24.8. The minimum absolute atomic E-state index is 0.0435. The molecular formula is C27H35N5OS2. The van der Waals surface area contributed by atoms with Gasteiger partial charge in [-0.2, -0.15) is 5.10 Å². The standard InChI is InChI=1S/C27H35N5OS2/c1-18-14-24(34-3)25(26(29-18)35-4)30-27(33)32(22-12-7-5-6-8-13-22)17-20-10-9-11-21(15-20)23-16-28-31-19(23)2/h9-11,14-16,22H,5-8,12-13,17H2,1-4H3,(H,28,31)(H,30,33). The van der Waals surface area contributed by atoms with Gasteiger partial charge >= 0.3 is 6.03 Å². The predicted molar refractivity (Wildman–Crippen MR) is 147 cm³/mol. The van der Waals surface area contributed by atoms with E-state index in [1.165, 1.54) is 25.7 Å². The number of amides is 2. The smallest absolute Gasteiger partial charge is 0.317 e. The molecule has 0 saturated heterocycles. The summed E-state index contributed by atoms with van der Waals surface area (Å²) in [4.78, 5) is 21.7. The summed E-state index contributed by atoms with van der Waals surface area (Å²) >= 11 is 3.21. The van der Waals surface area contributed by atoms with E-state index >= 15 is 0 Å². The SMILES string of the molecule is CSc1cc(C)nc(SC)c1NC(=O)N(Cc1cccc(-c2c[nH]nc2C)c1)C1CCCCCC1. The van der Waals surface area contributed by atoms with Crippen molar-refractivity contribution in [2.75, 3.05) is 17.8 Å². The lowest BCUT2D eigenvalue weighted by atomic mass is 10.0. The molecule has 2 amide bonds. The molecule has 2 N–H and O–H groups in total. The quantitative estimate of drug-likeness (QED) is 0.258. The summed E-state index contributed by atoms with van der Waals surface area (Å²) in [7, 11) is 0. The van der Waals surface area contributed by atoms with Crippen LogP contribution in [0.4, 0.5) is 10.5 Å². The number of aryl methyl sites for hydroxylation is 2. The van der Waals surface area contributed by atoms with Crippen molar-refractivity contribution in [2.45, 2.75) is 74.9 Å². The Morgan fingerprint density at radius 1 is 1.11 bits per heavy atom. The second-order valence-corrected chi connectivity index (χ2v) is 10.8. The minimum atomic E-state index is -0.0435. The Morgan fingerprint density at radius 3 is 2.54 bits per heavy atom. The number of hydrogen-bond donors (Lipinski definition) is 2. The second-order valence-electron chi connectivity index (χ2n) is 9.14. The number of benzene rings is 1. The van der Waals surface area contributed by atoms with E-state index in [1.807, 2.05) is 38.6 Å². The molecule has 1 saturated carbocycles. The lowest BCUT2D eigenvalue weighted by Gasteiger charge is -2.32. The van der Waals surface area contributed by atoms with Gasteiger partial charge in [0.15, 0.2) is 0 Å². The van der Waals surface area contributed by atoms with Gasteiger partial charge in [0.1, 0.15) is 5.03 Å². The van der Waals surface area contributed by atoms with Crippen LogP contribution in [0.5, 0.6) is 0 Å². The Labute approximate surface area is 217 Å². The summed E-state index contributed by atoms with van der Waals surface area (Å²) < 4.78 is 0. The summed E-state index contributed by atoms with van der Waals surface area (Å²) in [5, 5.41) is 11.4. The summed E-state index contributed by atoms with van der Waals surface area (Å²) in [5.74, 6) is 0. The fourth-order valence-corrected chi connectivity index (χ4v) is 6.14. The number of carbonyl (C=O) groups excluding carboxylic acids is 1. The molecule has 0 unspecified atom stereocenters. The van der Waals surface area contributed by atoms with Crippen LogP contribution in [0.25, 0.3) is 11.1 Å². The van der Waals surface area contributed by atoms with Gasteiger partial charge in [0.25, 0.3) is 0 Å². The molecule has 1 aliphatic rings. The van der Waals surface area contributed by atoms with Crippen molar-refractivity contribution >= 4 is 35.2 Å². The third-order valence-corrected chi connectivity index (χ3v) is 8.12. The van der Waals surface area contributed by atoms with Gasteiger partial charge < -0.3 is 10.2 Å². The number of anilines is 1. The van der Waals surface area contributed by atoms with Crippen molar-refractivity contribution in [2.24, 2.45) is 0 Å².